The first-order valence-corrected chi connectivity index (χ1v) is 6.04. The average Bonchev–Trinajstić information content (AvgIpc) is 2.29. The van der Waals surface area contributed by atoms with Gasteiger partial charge in [-0.1, -0.05) is 39.3 Å². The molecule has 1 aromatic carbocycles. The lowest BCUT2D eigenvalue weighted by atomic mass is 10.0. The lowest BCUT2D eigenvalue weighted by Crippen LogP contribution is -2.26. The second-order valence-corrected chi connectivity index (χ2v) is 4.46. The Morgan fingerprint density at radius 3 is 2.29 bits per heavy atom. The number of hydrogen-bond donors (Lipinski definition) is 1. The molecule has 0 radical (unpaired) electrons. The van der Waals surface area contributed by atoms with Gasteiger partial charge in [0.2, 0.25) is 0 Å². The Morgan fingerprint density at radius 2 is 1.88 bits per heavy atom. The Bertz CT molecular complexity index is 354. The molecule has 0 aromatic heterocycles. The molecule has 1 aromatic rings. The maximum atomic E-state index is 10.9. The van der Waals surface area contributed by atoms with E-state index in [4.69, 9.17) is 9.84 Å². The number of rotatable bonds is 6. The number of aliphatic carboxylic acids is 1. The van der Waals surface area contributed by atoms with E-state index in [0.29, 0.717) is 18.1 Å². The molecule has 1 unspecified atom stereocenters. The van der Waals surface area contributed by atoms with Gasteiger partial charge in [0.15, 0.2) is 6.10 Å². The van der Waals surface area contributed by atoms with Crippen LogP contribution in [0.15, 0.2) is 24.3 Å². The van der Waals surface area contributed by atoms with Crippen molar-refractivity contribution in [2.24, 2.45) is 0 Å². The summed E-state index contributed by atoms with van der Waals surface area (Å²) < 4.78 is 5.45. The zero-order chi connectivity index (χ0) is 12.8. The number of carbonyl (C=O) groups is 1. The van der Waals surface area contributed by atoms with E-state index >= 15 is 0 Å². The summed E-state index contributed by atoms with van der Waals surface area (Å²) in [4.78, 5) is 10.9. The van der Waals surface area contributed by atoms with E-state index in [1.165, 1.54) is 5.56 Å². The van der Waals surface area contributed by atoms with Gasteiger partial charge in [-0.05, 0) is 30.0 Å². The molecule has 1 N–H and O–H groups in total. The molecule has 1 atom stereocenters. The molecule has 0 fully saturated rings. The maximum Gasteiger partial charge on any atom is 0.344 e. The number of ether oxygens (including phenoxy) is 1. The van der Waals surface area contributed by atoms with Crippen molar-refractivity contribution < 1.29 is 14.6 Å². The van der Waals surface area contributed by atoms with E-state index in [-0.39, 0.29) is 0 Å². The van der Waals surface area contributed by atoms with Crippen LogP contribution in [0.25, 0.3) is 0 Å². The van der Waals surface area contributed by atoms with Gasteiger partial charge in [0, 0.05) is 0 Å². The number of carboxylic acid groups (broad SMARTS) is 1. The highest BCUT2D eigenvalue weighted by atomic mass is 16.5. The standard InChI is InChI=1S/C14H20O3/c1-4-5-13(14(15)16)17-12-8-6-11(7-9-12)10(2)3/h6-10,13H,4-5H2,1-3H3,(H,15,16). The van der Waals surface area contributed by atoms with Crippen molar-refractivity contribution >= 4 is 5.97 Å². The normalized spacial score (nSPS) is 12.5. The summed E-state index contributed by atoms with van der Waals surface area (Å²) in [5.41, 5.74) is 1.22. The van der Waals surface area contributed by atoms with Crippen molar-refractivity contribution in [3.05, 3.63) is 29.8 Å². The fraction of sp³-hybridized carbons (Fsp3) is 0.500. The summed E-state index contributed by atoms with van der Waals surface area (Å²) in [6.07, 6.45) is 0.576. The maximum absolute atomic E-state index is 10.9. The fourth-order valence-electron chi connectivity index (χ4n) is 1.59. The van der Waals surface area contributed by atoms with Crippen molar-refractivity contribution in [1.29, 1.82) is 0 Å². The summed E-state index contributed by atoms with van der Waals surface area (Å²) in [5, 5.41) is 8.98. The monoisotopic (exact) mass is 236 g/mol. The van der Waals surface area contributed by atoms with Gasteiger partial charge in [-0.25, -0.2) is 4.79 Å². The van der Waals surface area contributed by atoms with Gasteiger partial charge in [-0.15, -0.1) is 0 Å². The molecule has 0 saturated heterocycles. The molecule has 3 heteroatoms. The zero-order valence-corrected chi connectivity index (χ0v) is 10.6. The van der Waals surface area contributed by atoms with Crippen LogP contribution in [-0.2, 0) is 4.79 Å². The lowest BCUT2D eigenvalue weighted by molar-refractivity contribution is -0.145. The number of hydrogen-bond acceptors (Lipinski definition) is 2. The first-order chi connectivity index (χ1) is 8.04. The van der Waals surface area contributed by atoms with Crippen LogP contribution < -0.4 is 4.74 Å². The van der Waals surface area contributed by atoms with E-state index in [9.17, 15) is 4.79 Å². The summed E-state index contributed by atoms with van der Waals surface area (Å²) in [6.45, 7) is 6.18. The van der Waals surface area contributed by atoms with Crippen molar-refractivity contribution in [2.45, 2.75) is 45.6 Å². The summed E-state index contributed by atoms with van der Waals surface area (Å²) in [6, 6.07) is 7.62. The first kappa shape index (κ1) is 13.6. The van der Waals surface area contributed by atoms with E-state index in [2.05, 4.69) is 13.8 Å². The van der Waals surface area contributed by atoms with Gasteiger partial charge in [0.1, 0.15) is 5.75 Å². The van der Waals surface area contributed by atoms with Crippen LogP contribution >= 0.6 is 0 Å². The first-order valence-electron chi connectivity index (χ1n) is 6.04. The van der Waals surface area contributed by atoms with Crippen LogP contribution in [0.1, 0.15) is 45.1 Å². The van der Waals surface area contributed by atoms with Crippen molar-refractivity contribution in [1.82, 2.24) is 0 Å². The number of benzene rings is 1. The Kier molecular flexibility index (Phi) is 5.01. The Balaban J connectivity index is 2.70. The second kappa shape index (κ2) is 6.28. The molecule has 0 aliphatic carbocycles. The largest absolute Gasteiger partial charge is 0.479 e. The molecular weight excluding hydrogens is 216 g/mol. The highest BCUT2D eigenvalue weighted by Crippen LogP contribution is 2.20. The van der Waals surface area contributed by atoms with Gasteiger partial charge >= 0.3 is 5.97 Å². The molecule has 0 aliphatic rings. The molecule has 0 saturated carbocycles. The molecule has 0 heterocycles. The zero-order valence-electron chi connectivity index (χ0n) is 10.6. The molecular formula is C14H20O3. The third-order valence-corrected chi connectivity index (χ3v) is 2.65. The molecule has 1 rings (SSSR count). The Hall–Kier alpha value is -1.51. The summed E-state index contributed by atoms with van der Waals surface area (Å²) >= 11 is 0. The van der Waals surface area contributed by atoms with Gasteiger partial charge in [-0.2, -0.15) is 0 Å². The quantitative estimate of drug-likeness (QED) is 0.823. The van der Waals surface area contributed by atoms with Crippen LogP contribution in [0.5, 0.6) is 5.75 Å². The molecule has 94 valence electrons. The summed E-state index contributed by atoms with van der Waals surface area (Å²) in [7, 11) is 0. The third kappa shape index (κ3) is 4.10. The Morgan fingerprint density at radius 1 is 1.29 bits per heavy atom. The smallest absolute Gasteiger partial charge is 0.344 e. The van der Waals surface area contributed by atoms with Gasteiger partial charge in [0.05, 0.1) is 0 Å². The minimum absolute atomic E-state index is 0.468. The summed E-state index contributed by atoms with van der Waals surface area (Å²) in [5.74, 6) is 0.185. The molecule has 0 aliphatic heterocycles. The van der Waals surface area contributed by atoms with Crippen LogP contribution in [0.2, 0.25) is 0 Å². The predicted molar refractivity (Wildman–Crippen MR) is 67.5 cm³/mol. The van der Waals surface area contributed by atoms with E-state index < -0.39 is 12.1 Å². The minimum atomic E-state index is -0.903. The predicted octanol–water partition coefficient (Wildman–Crippen LogP) is 3.44. The topological polar surface area (TPSA) is 46.5 Å². The molecule has 0 amide bonds. The average molecular weight is 236 g/mol. The van der Waals surface area contributed by atoms with Crippen LogP contribution in [0.4, 0.5) is 0 Å². The third-order valence-electron chi connectivity index (χ3n) is 2.65. The van der Waals surface area contributed by atoms with Crippen LogP contribution in [-0.4, -0.2) is 17.2 Å². The molecule has 17 heavy (non-hydrogen) atoms. The van der Waals surface area contributed by atoms with Gasteiger partial charge in [-0.3, -0.25) is 0 Å². The molecule has 3 nitrogen and oxygen atoms in total. The SMILES string of the molecule is CCCC(Oc1ccc(C(C)C)cc1)C(=O)O. The molecule has 0 bridgehead atoms. The van der Waals surface area contributed by atoms with Gasteiger partial charge in [0.25, 0.3) is 0 Å². The second-order valence-electron chi connectivity index (χ2n) is 4.46. The van der Waals surface area contributed by atoms with E-state index in [1.807, 2.05) is 31.2 Å². The van der Waals surface area contributed by atoms with E-state index in [0.717, 1.165) is 6.42 Å². The van der Waals surface area contributed by atoms with Crippen molar-refractivity contribution in [3.8, 4) is 5.75 Å². The van der Waals surface area contributed by atoms with E-state index in [1.54, 1.807) is 0 Å². The molecule has 0 spiro atoms. The Labute approximate surface area is 102 Å². The number of carboxylic acids is 1. The van der Waals surface area contributed by atoms with Crippen molar-refractivity contribution in [3.63, 3.8) is 0 Å². The van der Waals surface area contributed by atoms with Crippen LogP contribution in [0, 0.1) is 0 Å². The highest BCUT2D eigenvalue weighted by Gasteiger charge is 2.17. The highest BCUT2D eigenvalue weighted by molar-refractivity contribution is 5.72. The van der Waals surface area contributed by atoms with Crippen LogP contribution in [0.3, 0.4) is 0 Å². The van der Waals surface area contributed by atoms with Crippen molar-refractivity contribution in [2.75, 3.05) is 0 Å². The minimum Gasteiger partial charge on any atom is -0.479 e. The lowest BCUT2D eigenvalue weighted by Gasteiger charge is -2.15. The van der Waals surface area contributed by atoms with Gasteiger partial charge < -0.3 is 9.84 Å². The fourth-order valence-corrected chi connectivity index (χ4v) is 1.59.